The smallest absolute Gasteiger partial charge is 0.406 e. The molecule has 1 aromatic rings. The van der Waals surface area contributed by atoms with Crippen LogP contribution in [0.1, 0.15) is 12.8 Å². The van der Waals surface area contributed by atoms with Crippen molar-refractivity contribution in [2.75, 3.05) is 18.4 Å². The number of alkyl halides is 3. The maximum atomic E-state index is 12.0. The first-order chi connectivity index (χ1) is 9.78. The van der Waals surface area contributed by atoms with Crippen LogP contribution in [0.5, 0.6) is 5.75 Å². The lowest BCUT2D eigenvalue weighted by atomic mass is 9.91. The van der Waals surface area contributed by atoms with Crippen LogP contribution in [0.3, 0.4) is 0 Å². The highest BCUT2D eigenvalue weighted by molar-refractivity contribution is 5.97. The Morgan fingerprint density at radius 1 is 1.24 bits per heavy atom. The second-order valence-electron chi connectivity index (χ2n) is 4.81. The van der Waals surface area contributed by atoms with E-state index in [2.05, 4.69) is 15.4 Å². The highest BCUT2D eigenvalue weighted by atomic mass is 19.4. The van der Waals surface area contributed by atoms with Gasteiger partial charge in [-0.15, -0.1) is 13.2 Å². The third-order valence-corrected chi connectivity index (χ3v) is 3.20. The van der Waals surface area contributed by atoms with E-state index in [4.69, 9.17) is 0 Å². The summed E-state index contributed by atoms with van der Waals surface area (Å²) in [4.78, 5) is 12.0. The van der Waals surface area contributed by atoms with Crippen molar-refractivity contribution in [2.45, 2.75) is 24.8 Å². The molecule has 21 heavy (non-hydrogen) atoms. The van der Waals surface area contributed by atoms with Crippen LogP contribution in [0, 0.1) is 0 Å². The van der Waals surface area contributed by atoms with Gasteiger partial charge in [-0.3, -0.25) is 4.79 Å². The zero-order chi connectivity index (χ0) is 15.5. The topological polar surface area (TPSA) is 70.6 Å². The number of amides is 1. The number of piperidine rings is 1. The Bertz CT molecular complexity index is 496. The molecule has 0 unspecified atom stereocenters. The number of nitrogens with one attached hydrogen (secondary N) is 2. The average Bonchev–Trinajstić information content (AvgIpc) is 2.40. The van der Waals surface area contributed by atoms with Crippen LogP contribution < -0.4 is 15.4 Å². The number of aliphatic hydroxyl groups is 1. The molecule has 0 aliphatic carbocycles. The summed E-state index contributed by atoms with van der Waals surface area (Å²) in [5.41, 5.74) is -1.16. The molecule has 0 saturated carbocycles. The highest BCUT2D eigenvalue weighted by Crippen LogP contribution is 2.25. The molecule has 116 valence electrons. The molecule has 0 spiro atoms. The van der Waals surface area contributed by atoms with E-state index in [0.29, 0.717) is 18.8 Å². The number of hydrogen-bond donors (Lipinski definition) is 3. The minimum atomic E-state index is -4.75. The average molecular weight is 304 g/mol. The third kappa shape index (κ3) is 4.33. The minimum Gasteiger partial charge on any atom is -0.406 e. The second-order valence-corrected chi connectivity index (χ2v) is 4.81. The molecule has 8 heteroatoms. The molecular weight excluding hydrogens is 289 g/mol. The van der Waals surface area contributed by atoms with E-state index in [0.717, 1.165) is 12.1 Å². The number of carbonyl (C=O) groups is 1. The molecule has 0 bridgehead atoms. The quantitative estimate of drug-likeness (QED) is 0.794. The van der Waals surface area contributed by atoms with Gasteiger partial charge in [-0.2, -0.15) is 0 Å². The number of rotatable bonds is 3. The normalized spacial score (nSPS) is 18.1. The standard InChI is InChI=1S/C13H15F3N2O3/c14-13(15,16)21-10-3-1-9(2-4-10)18-11(19)12(20)5-7-17-8-6-12/h1-4,17,20H,5-8H2,(H,18,19). The summed E-state index contributed by atoms with van der Waals surface area (Å²) >= 11 is 0. The molecule has 1 aliphatic rings. The van der Waals surface area contributed by atoms with Gasteiger partial charge >= 0.3 is 6.36 Å². The molecule has 1 saturated heterocycles. The lowest BCUT2D eigenvalue weighted by Gasteiger charge is -2.31. The number of hydrogen-bond acceptors (Lipinski definition) is 4. The molecular formula is C13H15F3N2O3. The molecule has 3 N–H and O–H groups in total. The first-order valence-electron chi connectivity index (χ1n) is 6.39. The molecule has 0 aromatic heterocycles. The van der Waals surface area contributed by atoms with Crippen molar-refractivity contribution in [2.24, 2.45) is 0 Å². The zero-order valence-corrected chi connectivity index (χ0v) is 11.0. The van der Waals surface area contributed by atoms with Gasteiger partial charge in [-0.05, 0) is 50.2 Å². The Morgan fingerprint density at radius 3 is 2.33 bits per heavy atom. The summed E-state index contributed by atoms with van der Waals surface area (Å²) in [6.45, 7) is 1.06. The van der Waals surface area contributed by atoms with Crippen LogP contribution in [0.4, 0.5) is 18.9 Å². The Kier molecular flexibility index (Phi) is 4.38. The van der Waals surface area contributed by atoms with E-state index in [1.807, 2.05) is 0 Å². The predicted octanol–water partition coefficient (Wildman–Crippen LogP) is 1.64. The van der Waals surface area contributed by atoms with Gasteiger partial charge in [0.15, 0.2) is 0 Å². The van der Waals surface area contributed by atoms with Crippen LogP contribution >= 0.6 is 0 Å². The van der Waals surface area contributed by atoms with Crippen molar-refractivity contribution >= 4 is 11.6 Å². The van der Waals surface area contributed by atoms with E-state index in [1.165, 1.54) is 12.1 Å². The monoisotopic (exact) mass is 304 g/mol. The molecule has 1 aromatic carbocycles. The maximum absolute atomic E-state index is 12.0. The van der Waals surface area contributed by atoms with E-state index in [-0.39, 0.29) is 18.6 Å². The summed E-state index contributed by atoms with van der Waals surface area (Å²) in [5, 5.41) is 15.7. The van der Waals surface area contributed by atoms with Gasteiger partial charge in [0.05, 0.1) is 0 Å². The Labute approximate surface area is 119 Å². The molecule has 1 fully saturated rings. The van der Waals surface area contributed by atoms with Gasteiger partial charge in [-0.1, -0.05) is 0 Å². The number of carbonyl (C=O) groups excluding carboxylic acids is 1. The maximum Gasteiger partial charge on any atom is 0.573 e. The fourth-order valence-corrected chi connectivity index (χ4v) is 2.05. The summed E-state index contributed by atoms with van der Waals surface area (Å²) in [5.74, 6) is -0.936. The second kappa shape index (κ2) is 5.90. The molecule has 5 nitrogen and oxygen atoms in total. The van der Waals surface area contributed by atoms with Crippen LogP contribution in [0.25, 0.3) is 0 Å². The number of ether oxygens (including phenoxy) is 1. The number of benzene rings is 1. The van der Waals surface area contributed by atoms with Crippen molar-refractivity contribution in [3.8, 4) is 5.75 Å². The lowest BCUT2D eigenvalue weighted by Crippen LogP contribution is -2.50. The van der Waals surface area contributed by atoms with Crippen molar-refractivity contribution in [3.05, 3.63) is 24.3 Å². The molecule has 1 aliphatic heterocycles. The molecule has 1 amide bonds. The van der Waals surface area contributed by atoms with E-state index < -0.39 is 17.9 Å². The summed E-state index contributed by atoms with van der Waals surface area (Å²) in [6, 6.07) is 4.75. The van der Waals surface area contributed by atoms with Crippen LogP contribution in [0.15, 0.2) is 24.3 Å². The van der Waals surface area contributed by atoms with E-state index in [1.54, 1.807) is 0 Å². The van der Waals surface area contributed by atoms with Crippen molar-refractivity contribution in [3.63, 3.8) is 0 Å². The number of anilines is 1. The molecule has 1 heterocycles. The summed E-state index contributed by atoms with van der Waals surface area (Å²) in [6.07, 6.45) is -4.18. The third-order valence-electron chi connectivity index (χ3n) is 3.20. The van der Waals surface area contributed by atoms with Crippen LogP contribution in [-0.4, -0.2) is 36.1 Å². The van der Waals surface area contributed by atoms with Gasteiger partial charge in [0, 0.05) is 5.69 Å². The number of halogens is 3. The van der Waals surface area contributed by atoms with Crippen molar-refractivity contribution < 1.29 is 27.8 Å². The van der Waals surface area contributed by atoms with Crippen LogP contribution in [-0.2, 0) is 4.79 Å². The lowest BCUT2D eigenvalue weighted by molar-refractivity contribution is -0.274. The minimum absolute atomic E-state index is 0.286. The van der Waals surface area contributed by atoms with Crippen molar-refractivity contribution in [1.82, 2.24) is 5.32 Å². The highest BCUT2D eigenvalue weighted by Gasteiger charge is 2.37. The largest absolute Gasteiger partial charge is 0.573 e. The van der Waals surface area contributed by atoms with Gasteiger partial charge < -0.3 is 20.5 Å². The van der Waals surface area contributed by atoms with Crippen molar-refractivity contribution in [1.29, 1.82) is 0 Å². The Morgan fingerprint density at radius 2 is 1.81 bits per heavy atom. The summed E-state index contributed by atoms with van der Waals surface area (Å²) < 4.78 is 39.8. The van der Waals surface area contributed by atoms with Crippen LogP contribution in [0.2, 0.25) is 0 Å². The molecule has 0 atom stereocenters. The fourth-order valence-electron chi connectivity index (χ4n) is 2.05. The molecule has 2 rings (SSSR count). The van der Waals surface area contributed by atoms with Gasteiger partial charge in [-0.25, -0.2) is 0 Å². The Hall–Kier alpha value is -1.80. The SMILES string of the molecule is O=C(Nc1ccc(OC(F)(F)F)cc1)C1(O)CCNCC1. The predicted molar refractivity (Wildman–Crippen MR) is 68.8 cm³/mol. The summed E-state index contributed by atoms with van der Waals surface area (Å²) in [7, 11) is 0. The van der Waals surface area contributed by atoms with Gasteiger partial charge in [0.1, 0.15) is 11.4 Å². The van der Waals surface area contributed by atoms with E-state index in [9.17, 15) is 23.1 Å². The van der Waals surface area contributed by atoms with E-state index >= 15 is 0 Å². The zero-order valence-electron chi connectivity index (χ0n) is 11.0. The fraction of sp³-hybridized carbons (Fsp3) is 0.462. The Balaban J connectivity index is 1.98. The molecule has 0 radical (unpaired) electrons. The van der Waals surface area contributed by atoms with Gasteiger partial charge in [0.25, 0.3) is 5.91 Å². The first-order valence-corrected chi connectivity index (χ1v) is 6.39. The van der Waals surface area contributed by atoms with Gasteiger partial charge in [0.2, 0.25) is 0 Å². The first kappa shape index (κ1) is 15.6.